The number of carbonyl (C=O) groups excluding carboxylic acids is 2. The summed E-state index contributed by atoms with van der Waals surface area (Å²) >= 11 is 0. The molecule has 0 aromatic heterocycles. The molecule has 0 N–H and O–H groups in total. The van der Waals surface area contributed by atoms with Crippen molar-refractivity contribution in [3.63, 3.8) is 0 Å². The monoisotopic (exact) mass is 396 g/mol. The second-order valence-corrected chi connectivity index (χ2v) is 7.78. The van der Waals surface area contributed by atoms with Crippen molar-refractivity contribution in [2.75, 3.05) is 13.1 Å². The molecule has 2 amide bonds. The number of hydrogen-bond donors (Lipinski definition) is 0. The maximum absolute atomic E-state index is 13.3. The molecular weight excluding hydrogens is 367 g/mol. The molecule has 0 aliphatic carbocycles. The topological polar surface area (TPSA) is 40.6 Å². The fourth-order valence-corrected chi connectivity index (χ4v) is 3.79. The third-order valence-electron chi connectivity index (χ3n) is 5.82. The Hall–Kier alpha value is -2.69. The average Bonchev–Trinajstić information content (AvgIpc) is 2.77. The summed E-state index contributed by atoms with van der Waals surface area (Å²) in [6.45, 7) is 5.90. The van der Waals surface area contributed by atoms with Crippen molar-refractivity contribution < 1.29 is 14.0 Å². The quantitative estimate of drug-likeness (QED) is 0.721. The summed E-state index contributed by atoms with van der Waals surface area (Å²) in [5, 5.41) is 0. The van der Waals surface area contributed by atoms with Gasteiger partial charge in [0, 0.05) is 37.2 Å². The molecule has 4 nitrogen and oxygen atoms in total. The van der Waals surface area contributed by atoms with E-state index in [-0.39, 0.29) is 29.6 Å². The fraction of sp³-hybridized carbons (Fsp3) is 0.417. The van der Waals surface area contributed by atoms with Crippen molar-refractivity contribution in [1.29, 1.82) is 0 Å². The molecule has 1 heterocycles. The van der Waals surface area contributed by atoms with Gasteiger partial charge in [0.25, 0.3) is 5.91 Å². The van der Waals surface area contributed by atoms with E-state index < -0.39 is 0 Å². The Bertz CT molecular complexity index is 815. The van der Waals surface area contributed by atoms with Crippen molar-refractivity contribution in [3.05, 3.63) is 71.5 Å². The maximum Gasteiger partial charge on any atom is 0.253 e. The minimum atomic E-state index is -0.352. The molecule has 1 fully saturated rings. The summed E-state index contributed by atoms with van der Waals surface area (Å²) in [6.07, 6.45) is 2.22. The van der Waals surface area contributed by atoms with Crippen molar-refractivity contribution >= 4 is 11.8 Å². The number of hydrogen-bond acceptors (Lipinski definition) is 2. The van der Waals surface area contributed by atoms with Crippen LogP contribution in [0.25, 0.3) is 0 Å². The van der Waals surface area contributed by atoms with Gasteiger partial charge in [-0.3, -0.25) is 9.59 Å². The van der Waals surface area contributed by atoms with Gasteiger partial charge >= 0.3 is 0 Å². The van der Waals surface area contributed by atoms with E-state index in [1.54, 1.807) is 4.90 Å². The molecule has 2 aromatic rings. The summed E-state index contributed by atoms with van der Waals surface area (Å²) in [6, 6.07) is 15.9. The molecule has 1 saturated heterocycles. The molecular formula is C24H29FN2O2. The molecule has 29 heavy (non-hydrogen) atoms. The van der Waals surface area contributed by atoms with Crippen molar-refractivity contribution in [1.82, 2.24) is 9.80 Å². The third-order valence-corrected chi connectivity index (χ3v) is 5.82. The van der Waals surface area contributed by atoms with E-state index in [4.69, 9.17) is 0 Å². The Kier molecular flexibility index (Phi) is 7.02. The molecule has 0 radical (unpaired) electrons. The highest BCUT2D eigenvalue weighted by Crippen LogP contribution is 2.24. The summed E-state index contributed by atoms with van der Waals surface area (Å²) in [5.74, 6) is -0.338. The highest BCUT2D eigenvalue weighted by molar-refractivity contribution is 5.94. The molecule has 0 bridgehead atoms. The fourth-order valence-electron chi connectivity index (χ4n) is 3.79. The van der Waals surface area contributed by atoms with Gasteiger partial charge in [-0.1, -0.05) is 37.3 Å². The standard InChI is InChI=1S/C24H29FN2O2/c1-3-18(2)27(17-19-7-5-4-6-8-19)24(29)21-13-15-26(16-14-21)23(28)20-9-11-22(25)12-10-20/h4-12,18,21H,3,13-17H2,1-2H3. The van der Waals surface area contributed by atoms with E-state index in [2.05, 4.69) is 13.8 Å². The number of halogens is 1. The number of piperidine rings is 1. The molecule has 5 heteroatoms. The van der Waals surface area contributed by atoms with Crippen LogP contribution in [0.2, 0.25) is 0 Å². The van der Waals surface area contributed by atoms with E-state index in [0.717, 1.165) is 12.0 Å². The van der Waals surface area contributed by atoms with Gasteiger partial charge in [0.1, 0.15) is 5.82 Å². The summed E-state index contributed by atoms with van der Waals surface area (Å²) in [7, 11) is 0. The van der Waals surface area contributed by atoms with Crippen molar-refractivity contribution in [2.45, 2.75) is 45.7 Å². The number of nitrogens with zero attached hydrogens (tertiary/aromatic N) is 2. The van der Waals surface area contributed by atoms with Gasteiger partial charge in [0.05, 0.1) is 0 Å². The van der Waals surface area contributed by atoms with Crippen LogP contribution in [0, 0.1) is 11.7 Å². The van der Waals surface area contributed by atoms with Crippen LogP contribution in [-0.4, -0.2) is 40.7 Å². The Labute approximate surface area is 172 Å². The van der Waals surface area contributed by atoms with Gasteiger partial charge in [-0.25, -0.2) is 4.39 Å². The number of rotatable bonds is 6. The van der Waals surface area contributed by atoms with Gasteiger partial charge in [-0.2, -0.15) is 0 Å². The smallest absolute Gasteiger partial charge is 0.253 e. The van der Waals surface area contributed by atoms with E-state index >= 15 is 0 Å². The van der Waals surface area contributed by atoms with Crippen LogP contribution in [0.3, 0.4) is 0 Å². The average molecular weight is 397 g/mol. The zero-order valence-electron chi connectivity index (χ0n) is 17.2. The lowest BCUT2D eigenvalue weighted by Gasteiger charge is -2.36. The highest BCUT2D eigenvalue weighted by atomic mass is 19.1. The van der Waals surface area contributed by atoms with E-state index in [1.165, 1.54) is 24.3 Å². The van der Waals surface area contributed by atoms with Crippen LogP contribution in [0.15, 0.2) is 54.6 Å². The molecule has 0 saturated carbocycles. The molecule has 1 atom stereocenters. The maximum atomic E-state index is 13.3. The normalized spacial score (nSPS) is 15.8. The lowest BCUT2D eigenvalue weighted by molar-refractivity contribution is -0.139. The predicted octanol–water partition coefficient (Wildman–Crippen LogP) is 4.51. The molecule has 154 valence electrons. The first kappa shape index (κ1) is 21.0. The van der Waals surface area contributed by atoms with Gasteiger partial charge in [-0.05, 0) is 56.0 Å². The first-order valence-corrected chi connectivity index (χ1v) is 10.4. The van der Waals surface area contributed by atoms with Crippen LogP contribution in [-0.2, 0) is 11.3 Å². The molecule has 1 unspecified atom stereocenters. The zero-order chi connectivity index (χ0) is 20.8. The molecule has 1 aliphatic rings. The Balaban J connectivity index is 1.62. The largest absolute Gasteiger partial charge is 0.339 e. The minimum absolute atomic E-state index is 0.0648. The van der Waals surface area contributed by atoms with E-state index in [0.29, 0.717) is 38.0 Å². The molecule has 1 aliphatic heterocycles. The Morgan fingerprint density at radius 3 is 2.28 bits per heavy atom. The first-order chi connectivity index (χ1) is 14.0. The minimum Gasteiger partial charge on any atom is -0.339 e. The number of carbonyl (C=O) groups is 2. The van der Waals surface area contributed by atoms with E-state index in [1.807, 2.05) is 35.2 Å². The van der Waals surface area contributed by atoms with Crippen LogP contribution in [0.5, 0.6) is 0 Å². The highest BCUT2D eigenvalue weighted by Gasteiger charge is 2.32. The van der Waals surface area contributed by atoms with Gasteiger partial charge < -0.3 is 9.80 Å². The second kappa shape index (κ2) is 9.68. The SMILES string of the molecule is CCC(C)N(Cc1ccccc1)C(=O)C1CCN(C(=O)c2ccc(F)cc2)CC1. The van der Waals surface area contributed by atoms with Crippen LogP contribution < -0.4 is 0 Å². The Morgan fingerprint density at radius 2 is 1.69 bits per heavy atom. The van der Waals surface area contributed by atoms with Crippen LogP contribution >= 0.6 is 0 Å². The van der Waals surface area contributed by atoms with E-state index in [9.17, 15) is 14.0 Å². The van der Waals surface area contributed by atoms with Crippen molar-refractivity contribution in [3.8, 4) is 0 Å². The number of likely N-dealkylation sites (tertiary alicyclic amines) is 1. The van der Waals surface area contributed by atoms with Gasteiger partial charge in [-0.15, -0.1) is 0 Å². The van der Waals surface area contributed by atoms with Crippen LogP contribution in [0.4, 0.5) is 4.39 Å². The summed E-state index contributed by atoms with van der Waals surface area (Å²) in [5.41, 5.74) is 1.62. The second-order valence-electron chi connectivity index (χ2n) is 7.78. The third kappa shape index (κ3) is 5.22. The van der Waals surface area contributed by atoms with Crippen LogP contribution in [0.1, 0.15) is 49.0 Å². The lowest BCUT2D eigenvalue weighted by atomic mass is 9.93. The molecule has 2 aromatic carbocycles. The van der Waals surface area contributed by atoms with Crippen molar-refractivity contribution in [2.24, 2.45) is 5.92 Å². The predicted molar refractivity (Wildman–Crippen MR) is 112 cm³/mol. The Morgan fingerprint density at radius 1 is 1.07 bits per heavy atom. The lowest BCUT2D eigenvalue weighted by Crippen LogP contribution is -2.46. The molecule has 3 rings (SSSR count). The summed E-state index contributed by atoms with van der Waals surface area (Å²) < 4.78 is 13.1. The number of benzene rings is 2. The van der Waals surface area contributed by atoms with Gasteiger partial charge in [0.15, 0.2) is 0 Å². The first-order valence-electron chi connectivity index (χ1n) is 10.4. The number of amides is 2. The zero-order valence-corrected chi connectivity index (χ0v) is 17.2. The van der Waals surface area contributed by atoms with Gasteiger partial charge in [0.2, 0.25) is 5.91 Å². The molecule has 0 spiro atoms. The summed E-state index contributed by atoms with van der Waals surface area (Å²) in [4.78, 5) is 29.6.